The van der Waals surface area contributed by atoms with E-state index in [9.17, 15) is 9.90 Å². The Bertz CT molecular complexity index is 690. The van der Waals surface area contributed by atoms with Crippen LogP contribution in [0.15, 0.2) is 29.5 Å². The standard InChI is InChI=1S/C18H21NO4/c1-3-23-18(21)16-11-19(7-6-17(16)20)10-13-8-12-4-5-14(22-2)9-15(12)13/h4-5,8-9,20H,3,6-7,10-11H2,1-2H3. The second-order valence-electron chi connectivity index (χ2n) is 5.73. The zero-order chi connectivity index (χ0) is 16.4. The van der Waals surface area contributed by atoms with Gasteiger partial charge in [0.2, 0.25) is 0 Å². The number of aliphatic hydroxyl groups excluding tert-OH is 1. The maximum absolute atomic E-state index is 11.9. The number of aliphatic hydroxyl groups is 1. The van der Waals surface area contributed by atoms with E-state index in [1.54, 1.807) is 14.0 Å². The van der Waals surface area contributed by atoms with Gasteiger partial charge >= 0.3 is 5.97 Å². The molecule has 0 aromatic heterocycles. The first-order valence-electron chi connectivity index (χ1n) is 7.81. The highest BCUT2D eigenvalue weighted by molar-refractivity contribution is 5.97. The summed E-state index contributed by atoms with van der Waals surface area (Å²) in [5, 5.41) is 9.94. The number of hydrogen-bond acceptors (Lipinski definition) is 5. The minimum atomic E-state index is -0.417. The van der Waals surface area contributed by atoms with E-state index in [2.05, 4.69) is 11.0 Å². The van der Waals surface area contributed by atoms with Gasteiger partial charge in [-0.1, -0.05) is 6.07 Å². The third-order valence-corrected chi connectivity index (χ3v) is 4.25. The molecule has 0 radical (unpaired) electrons. The van der Waals surface area contributed by atoms with Crippen molar-refractivity contribution in [3.05, 3.63) is 40.7 Å². The lowest BCUT2D eigenvalue weighted by molar-refractivity contribution is -0.139. The van der Waals surface area contributed by atoms with E-state index in [0.29, 0.717) is 25.1 Å². The number of carbonyl (C=O) groups is 1. The first-order chi connectivity index (χ1) is 11.1. The van der Waals surface area contributed by atoms with E-state index in [-0.39, 0.29) is 5.76 Å². The van der Waals surface area contributed by atoms with Gasteiger partial charge in [0.15, 0.2) is 0 Å². The quantitative estimate of drug-likeness (QED) is 0.847. The lowest BCUT2D eigenvalue weighted by atomic mass is 9.87. The molecule has 1 N–H and O–H groups in total. The Morgan fingerprint density at radius 2 is 2.22 bits per heavy atom. The molecule has 23 heavy (non-hydrogen) atoms. The number of rotatable bonds is 5. The third-order valence-electron chi connectivity index (χ3n) is 4.25. The molecule has 122 valence electrons. The van der Waals surface area contributed by atoms with E-state index in [1.807, 2.05) is 18.2 Å². The fourth-order valence-electron chi connectivity index (χ4n) is 2.97. The predicted molar refractivity (Wildman–Crippen MR) is 88.2 cm³/mol. The zero-order valence-corrected chi connectivity index (χ0v) is 13.5. The van der Waals surface area contributed by atoms with Crippen molar-refractivity contribution in [1.82, 2.24) is 4.90 Å². The highest BCUT2D eigenvalue weighted by Crippen LogP contribution is 2.36. The molecule has 3 rings (SSSR count). The maximum Gasteiger partial charge on any atom is 0.338 e. The Labute approximate surface area is 135 Å². The number of nitrogens with zero attached hydrogens (tertiary/aromatic N) is 1. The van der Waals surface area contributed by atoms with Crippen LogP contribution in [0.1, 0.15) is 24.5 Å². The van der Waals surface area contributed by atoms with Gasteiger partial charge in [-0.2, -0.15) is 0 Å². The average Bonchev–Trinajstić information content (AvgIpc) is 2.54. The van der Waals surface area contributed by atoms with Gasteiger partial charge in [-0.3, -0.25) is 4.90 Å². The van der Waals surface area contributed by atoms with Crippen molar-refractivity contribution in [2.24, 2.45) is 0 Å². The summed E-state index contributed by atoms with van der Waals surface area (Å²) in [6.45, 7) is 3.97. The van der Waals surface area contributed by atoms with Gasteiger partial charge < -0.3 is 14.6 Å². The summed E-state index contributed by atoms with van der Waals surface area (Å²) in [6, 6.07) is 6.03. The number of esters is 1. The summed E-state index contributed by atoms with van der Waals surface area (Å²) in [6.07, 6.45) is 2.63. The van der Waals surface area contributed by atoms with Gasteiger partial charge in [0.1, 0.15) is 11.5 Å². The van der Waals surface area contributed by atoms with Crippen molar-refractivity contribution in [2.75, 3.05) is 33.4 Å². The maximum atomic E-state index is 11.9. The van der Waals surface area contributed by atoms with Crippen LogP contribution in [-0.2, 0) is 9.53 Å². The molecule has 0 saturated carbocycles. The highest BCUT2D eigenvalue weighted by atomic mass is 16.5. The molecule has 5 heteroatoms. The van der Waals surface area contributed by atoms with Crippen molar-refractivity contribution in [2.45, 2.75) is 13.3 Å². The molecular formula is C18H21NO4. The lowest BCUT2D eigenvalue weighted by Gasteiger charge is -2.31. The van der Waals surface area contributed by atoms with Crippen molar-refractivity contribution in [3.63, 3.8) is 0 Å². The van der Waals surface area contributed by atoms with Crippen molar-refractivity contribution < 1.29 is 19.4 Å². The Morgan fingerprint density at radius 3 is 2.96 bits per heavy atom. The zero-order valence-electron chi connectivity index (χ0n) is 13.5. The van der Waals surface area contributed by atoms with E-state index < -0.39 is 5.97 Å². The molecule has 0 spiro atoms. The van der Waals surface area contributed by atoms with Crippen LogP contribution >= 0.6 is 0 Å². The van der Waals surface area contributed by atoms with Gasteiger partial charge in [0, 0.05) is 26.1 Å². The Morgan fingerprint density at radius 1 is 1.39 bits per heavy atom. The van der Waals surface area contributed by atoms with Crippen LogP contribution in [0, 0.1) is 0 Å². The van der Waals surface area contributed by atoms with Crippen LogP contribution in [0.25, 0.3) is 11.6 Å². The Hall–Kier alpha value is -2.27. The average molecular weight is 315 g/mol. The van der Waals surface area contributed by atoms with Crippen LogP contribution in [-0.4, -0.2) is 49.3 Å². The first-order valence-corrected chi connectivity index (χ1v) is 7.81. The fraction of sp³-hybridized carbons (Fsp3) is 0.389. The number of fused-ring (bicyclic) bond motifs is 1. The van der Waals surface area contributed by atoms with Crippen molar-refractivity contribution in [1.29, 1.82) is 0 Å². The number of benzene rings is 1. The van der Waals surface area contributed by atoms with E-state index in [0.717, 1.165) is 18.8 Å². The second-order valence-corrected chi connectivity index (χ2v) is 5.73. The summed E-state index contributed by atoms with van der Waals surface area (Å²) < 4.78 is 10.3. The summed E-state index contributed by atoms with van der Waals surface area (Å²) in [7, 11) is 1.66. The molecule has 2 aliphatic rings. The number of ether oxygens (including phenoxy) is 2. The smallest absolute Gasteiger partial charge is 0.338 e. The number of carbonyl (C=O) groups excluding carboxylic acids is 1. The Kier molecular flexibility index (Phi) is 4.39. The second kappa shape index (κ2) is 6.46. The highest BCUT2D eigenvalue weighted by Gasteiger charge is 2.27. The lowest BCUT2D eigenvalue weighted by Crippen LogP contribution is -2.36. The van der Waals surface area contributed by atoms with E-state index in [4.69, 9.17) is 9.47 Å². The molecule has 0 unspecified atom stereocenters. The Balaban J connectivity index is 1.67. The summed E-state index contributed by atoms with van der Waals surface area (Å²) >= 11 is 0. The number of hydrogen-bond donors (Lipinski definition) is 1. The molecule has 1 aliphatic carbocycles. The van der Waals surface area contributed by atoms with E-state index in [1.165, 1.54) is 16.7 Å². The third kappa shape index (κ3) is 3.10. The summed E-state index contributed by atoms with van der Waals surface area (Å²) in [5.41, 5.74) is 4.01. The largest absolute Gasteiger partial charge is 0.512 e. The van der Waals surface area contributed by atoms with Crippen LogP contribution in [0.3, 0.4) is 0 Å². The molecule has 1 aromatic rings. The molecule has 1 heterocycles. The molecular weight excluding hydrogens is 294 g/mol. The molecule has 0 amide bonds. The van der Waals surface area contributed by atoms with Gasteiger partial charge in [0.05, 0.1) is 19.3 Å². The summed E-state index contributed by atoms with van der Waals surface area (Å²) in [5.74, 6) is 0.585. The van der Waals surface area contributed by atoms with Crippen LogP contribution in [0.4, 0.5) is 0 Å². The predicted octanol–water partition coefficient (Wildman–Crippen LogP) is 2.63. The topological polar surface area (TPSA) is 59.0 Å². The minimum Gasteiger partial charge on any atom is -0.512 e. The van der Waals surface area contributed by atoms with Crippen molar-refractivity contribution >= 4 is 17.6 Å². The number of methoxy groups -OCH3 is 1. The first kappa shape index (κ1) is 15.6. The van der Waals surface area contributed by atoms with Gasteiger partial charge in [-0.15, -0.1) is 0 Å². The molecule has 1 aromatic carbocycles. The molecule has 0 saturated heterocycles. The van der Waals surface area contributed by atoms with Crippen LogP contribution in [0.5, 0.6) is 5.75 Å². The monoisotopic (exact) mass is 315 g/mol. The van der Waals surface area contributed by atoms with Crippen molar-refractivity contribution in [3.8, 4) is 5.75 Å². The van der Waals surface area contributed by atoms with Gasteiger partial charge in [-0.05, 0) is 41.8 Å². The summed E-state index contributed by atoms with van der Waals surface area (Å²) in [4.78, 5) is 14.1. The van der Waals surface area contributed by atoms with Crippen LogP contribution < -0.4 is 4.74 Å². The fourth-order valence-corrected chi connectivity index (χ4v) is 2.97. The van der Waals surface area contributed by atoms with Gasteiger partial charge in [0.25, 0.3) is 0 Å². The SMILES string of the molecule is CCOC(=O)C1=C(O)CCN(CC2=Cc3ccc(OC)cc32)C1. The molecule has 1 aliphatic heterocycles. The van der Waals surface area contributed by atoms with E-state index >= 15 is 0 Å². The molecule has 5 nitrogen and oxygen atoms in total. The van der Waals surface area contributed by atoms with Crippen LogP contribution in [0.2, 0.25) is 0 Å². The molecule has 0 bridgehead atoms. The molecule has 0 fully saturated rings. The van der Waals surface area contributed by atoms with Gasteiger partial charge in [-0.25, -0.2) is 4.79 Å². The molecule has 0 atom stereocenters. The normalized spacial score (nSPS) is 17.2. The minimum absolute atomic E-state index is 0.157.